The van der Waals surface area contributed by atoms with Gasteiger partial charge in [-0.15, -0.1) is 0 Å². The molecule has 9 heteroatoms. The van der Waals surface area contributed by atoms with Gasteiger partial charge < -0.3 is 10.8 Å². The van der Waals surface area contributed by atoms with Crippen LogP contribution in [0.5, 0.6) is 5.88 Å². The molecule has 1 heterocycles. The van der Waals surface area contributed by atoms with Crippen molar-refractivity contribution in [3.8, 4) is 17.1 Å². The number of nitrogens with two attached hydrogens (primary N) is 1. The maximum absolute atomic E-state index is 12.8. The highest BCUT2D eigenvalue weighted by Gasteiger charge is 2.30. The van der Waals surface area contributed by atoms with E-state index >= 15 is 0 Å². The first-order valence-electron chi connectivity index (χ1n) is 7.74. The molecule has 2 aromatic carbocycles. The molecule has 0 bridgehead atoms. The summed E-state index contributed by atoms with van der Waals surface area (Å²) in [5.74, 6) is -0.865. The molecule has 0 amide bonds. The number of hydrogen-bond donors (Lipinski definition) is 3. The van der Waals surface area contributed by atoms with Gasteiger partial charge in [0.05, 0.1) is 5.56 Å². The second kappa shape index (κ2) is 6.96. The molecule has 0 saturated carbocycles. The fraction of sp³-hybridized carbons (Fsp3) is 0.111. The van der Waals surface area contributed by atoms with Gasteiger partial charge in [0.1, 0.15) is 5.69 Å². The number of nitrogen functional groups attached to an aromatic ring is 1. The minimum Gasteiger partial charge on any atom is -0.493 e. The molecule has 0 aliphatic rings. The maximum atomic E-state index is 12.8. The molecule has 5 nitrogen and oxygen atoms in total. The van der Waals surface area contributed by atoms with Crippen molar-refractivity contribution in [3.63, 3.8) is 0 Å². The minimum absolute atomic E-state index is 0.204. The van der Waals surface area contributed by atoms with Crippen molar-refractivity contribution in [3.05, 3.63) is 70.2 Å². The third kappa shape index (κ3) is 3.90. The predicted octanol–water partition coefficient (Wildman–Crippen LogP) is 4.26. The fourth-order valence-corrected chi connectivity index (χ4v) is 2.89. The third-order valence-electron chi connectivity index (χ3n) is 3.94. The first kappa shape index (κ1) is 18.8. The van der Waals surface area contributed by atoms with Crippen LogP contribution in [0.15, 0.2) is 48.5 Å². The second-order valence-electron chi connectivity index (χ2n) is 5.83. The number of benzene rings is 2. The minimum atomic E-state index is -4.46. The quantitative estimate of drug-likeness (QED) is 0.458. The van der Waals surface area contributed by atoms with Gasteiger partial charge in [-0.1, -0.05) is 35.9 Å². The van der Waals surface area contributed by atoms with Crippen LogP contribution >= 0.6 is 11.6 Å². The lowest BCUT2D eigenvalue weighted by Gasteiger charge is -2.08. The van der Waals surface area contributed by atoms with Crippen LogP contribution < -0.4 is 5.73 Å². The van der Waals surface area contributed by atoms with Crippen LogP contribution in [0.2, 0.25) is 5.02 Å². The molecule has 0 radical (unpaired) electrons. The Morgan fingerprint density at radius 1 is 1.19 bits per heavy atom. The molecule has 0 aliphatic carbocycles. The molecule has 3 aromatic rings. The van der Waals surface area contributed by atoms with Crippen molar-refractivity contribution >= 4 is 17.6 Å². The predicted molar refractivity (Wildman–Crippen MR) is 95.9 cm³/mol. The Morgan fingerprint density at radius 2 is 1.85 bits per heavy atom. The number of aromatic hydroxyl groups is 1. The van der Waals surface area contributed by atoms with E-state index in [1.807, 2.05) is 0 Å². The number of aromatic nitrogens is 2. The molecule has 0 atom stereocenters. The van der Waals surface area contributed by atoms with Crippen molar-refractivity contribution in [2.75, 3.05) is 0 Å². The summed E-state index contributed by atoms with van der Waals surface area (Å²) in [5, 5.41) is 22.5. The summed E-state index contributed by atoms with van der Waals surface area (Å²) in [6.45, 7) is 0. The van der Waals surface area contributed by atoms with Crippen molar-refractivity contribution < 1.29 is 18.3 Å². The summed E-state index contributed by atoms with van der Waals surface area (Å²) >= 11 is 5.98. The molecule has 140 valence electrons. The standard InChI is InChI=1S/C18H14ClF3N4O/c19-13-3-1-2-10(8-13)9-14-15(25-26(16(14)27)17(23)24)11-4-6-12(7-5-11)18(20,21)22/h1-8,27H,9H2,(H3,23,24). The first-order chi connectivity index (χ1) is 12.7. The lowest BCUT2D eigenvalue weighted by atomic mass is 10.0. The van der Waals surface area contributed by atoms with Crippen LogP contribution in [0, 0.1) is 5.41 Å². The maximum Gasteiger partial charge on any atom is 0.416 e. The van der Waals surface area contributed by atoms with Crippen LogP contribution in [-0.4, -0.2) is 20.8 Å². The Bertz CT molecular complexity index is 997. The van der Waals surface area contributed by atoms with Gasteiger partial charge in [-0.3, -0.25) is 5.41 Å². The topological polar surface area (TPSA) is 87.9 Å². The van der Waals surface area contributed by atoms with E-state index in [1.165, 1.54) is 12.1 Å². The summed E-state index contributed by atoms with van der Waals surface area (Å²) in [6, 6.07) is 11.3. The van der Waals surface area contributed by atoms with Gasteiger partial charge in [-0.05, 0) is 29.8 Å². The summed E-state index contributed by atoms with van der Waals surface area (Å²) in [6.07, 6.45) is -4.25. The van der Waals surface area contributed by atoms with Crippen molar-refractivity contribution in [2.24, 2.45) is 5.73 Å². The van der Waals surface area contributed by atoms with E-state index in [0.29, 0.717) is 16.1 Å². The highest BCUT2D eigenvalue weighted by Crippen LogP contribution is 2.34. The normalized spacial score (nSPS) is 11.6. The monoisotopic (exact) mass is 394 g/mol. The van der Waals surface area contributed by atoms with Crippen LogP contribution in [0.25, 0.3) is 11.3 Å². The van der Waals surface area contributed by atoms with Crippen LogP contribution in [-0.2, 0) is 12.6 Å². The van der Waals surface area contributed by atoms with Gasteiger partial charge >= 0.3 is 6.18 Å². The van der Waals surface area contributed by atoms with Crippen molar-refractivity contribution in [1.29, 1.82) is 5.41 Å². The SMILES string of the molecule is N=C(N)n1nc(-c2ccc(C(F)(F)F)cc2)c(Cc2cccc(Cl)c2)c1O. The summed E-state index contributed by atoms with van der Waals surface area (Å²) < 4.78 is 39.2. The van der Waals surface area contributed by atoms with E-state index < -0.39 is 17.7 Å². The summed E-state index contributed by atoms with van der Waals surface area (Å²) in [4.78, 5) is 0. The number of nitrogens with one attached hydrogen (secondary N) is 1. The molecule has 0 fully saturated rings. The highest BCUT2D eigenvalue weighted by molar-refractivity contribution is 6.30. The number of rotatable bonds is 3. The zero-order valence-corrected chi connectivity index (χ0v) is 14.5. The Balaban J connectivity index is 2.09. The molecular formula is C18H14ClF3N4O. The second-order valence-corrected chi connectivity index (χ2v) is 6.27. The van der Waals surface area contributed by atoms with E-state index in [9.17, 15) is 18.3 Å². The number of alkyl halides is 3. The van der Waals surface area contributed by atoms with Crippen LogP contribution in [0.4, 0.5) is 13.2 Å². The molecule has 0 aliphatic heterocycles. The molecule has 0 unspecified atom stereocenters. The van der Waals surface area contributed by atoms with Gasteiger partial charge in [0, 0.05) is 22.6 Å². The molecule has 0 saturated heterocycles. The average molecular weight is 395 g/mol. The molecule has 4 N–H and O–H groups in total. The summed E-state index contributed by atoms with van der Waals surface area (Å²) in [5.41, 5.74) is 6.31. The average Bonchev–Trinajstić information content (AvgIpc) is 2.91. The van der Waals surface area contributed by atoms with E-state index in [0.717, 1.165) is 22.4 Å². The van der Waals surface area contributed by atoms with Crippen molar-refractivity contribution in [2.45, 2.75) is 12.6 Å². The number of halogens is 4. The molecule has 0 spiro atoms. The third-order valence-corrected chi connectivity index (χ3v) is 4.18. The molecule has 1 aromatic heterocycles. The summed E-state index contributed by atoms with van der Waals surface area (Å²) in [7, 11) is 0. The van der Waals surface area contributed by atoms with E-state index in [-0.39, 0.29) is 18.0 Å². The zero-order valence-electron chi connectivity index (χ0n) is 13.8. The fourth-order valence-electron chi connectivity index (χ4n) is 2.67. The van der Waals surface area contributed by atoms with Gasteiger partial charge in [0.15, 0.2) is 0 Å². The molecular weight excluding hydrogens is 381 g/mol. The Kier molecular flexibility index (Phi) is 4.84. The number of nitrogens with zero attached hydrogens (tertiary/aromatic N) is 2. The van der Waals surface area contributed by atoms with E-state index in [4.69, 9.17) is 22.7 Å². The Labute approximate surface area is 157 Å². The molecule has 3 rings (SSSR count). The zero-order chi connectivity index (χ0) is 19.8. The largest absolute Gasteiger partial charge is 0.493 e. The highest BCUT2D eigenvalue weighted by atomic mass is 35.5. The molecule has 27 heavy (non-hydrogen) atoms. The van der Waals surface area contributed by atoms with Gasteiger partial charge in [-0.25, -0.2) is 0 Å². The van der Waals surface area contributed by atoms with Crippen LogP contribution in [0.1, 0.15) is 16.7 Å². The first-order valence-corrected chi connectivity index (χ1v) is 8.12. The van der Waals surface area contributed by atoms with Gasteiger partial charge in [0.2, 0.25) is 11.8 Å². The van der Waals surface area contributed by atoms with E-state index in [2.05, 4.69) is 5.10 Å². The number of hydrogen-bond acceptors (Lipinski definition) is 3. The van der Waals surface area contributed by atoms with Crippen molar-refractivity contribution in [1.82, 2.24) is 9.78 Å². The van der Waals surface area contributed by atoms with Gasteiger partial charge in [0.25, 0.3) is 0 Å². The Hall–Kier alpha value is -3.00. The Morgan fingerprint density at radius 3 is 2.41 bits per heavy atom. The lowest BCUT2D eigenvalue weighted by molar-refractivity contribution is -0.137. The van der Waals surface area contributed by atoms with E-state index in [1.54, 1.807) is 24.3 Å². The van der Waals surface area contributed by atoms with Gasteiger partial charge in [-0.2, -0.15) is 23.0 Å². The lowest BCUT2D eigenvalue weighted by Crippen LogP contribution is -2.21. The smallest absolute Gasteiger partial charge is 0.416 e. The van der Waals surface area contributed by atoms with Crippen LogP contribution in [0.3, 0.4) is 0 Å².